The van der Waals surface area contributed by atoms with E-state index in [1.54, 1.807) is 23.3 Å². The lowest BCUT2D eigenvalue weighted by molar-refractivity contribution is -0.135. The molecule has 146 valence electrons. The molecular formula is C20H25N7O. The molecule has 4 rings (SSSR count). The summed E-state index contributed by atoms with van der Waals surface area (Å²) in [6.45, 7) is 5.44. The quantitative estimate of drug-likeness (QED) is 0.749. The number of rotatable bonds is 4. The fourth-order valence-corrected chi connectivity index (χ4v) is 3.56. The Labute approximate surface area is 164 Å². The van der Waals surface area contributed by atoms with Crippen LogP contribution >= 0.6 is 0 Å². The number of hydrogen-bond donors (Lipinski definition) is 1. The van der Waals surface area contributed by atoms with Crippen LogP contribution in [0, 0.1) is 5.92 Å². The Kier molecular flexibility index (Phi) is 4.93. The molecule has 1 amide bonds. The van der Waals surface area contributed by atoms with Crippen LogP contribution in [0.4, 0.5) is 5.82 Å². The molecule has 0 saturated carbocycles. The number of nitrogens with one attached hydrogen (secondary N) is 1. The van der Waals surface area contributed by atoms with Crippen LogP contribution in [-0.2, 0) is 11.8 Å². The Hall–Kier alpha value is -3.03. The minimum atomic E-state index is 0.0448. The molecule has 1 saturated heterocycles. The van der Waals surface area contributed by atoms with Gasteiger partial charge in [-0.25, -0.2) is 9.97 Å². The first-order valence-corrected chi connectivity index (χ1v) is 9.68. The molecular weight excluding hydrogens is 354 g/mol. The van der Waals surface area contributed by atoms with Crippen molar-refractivity contribution in [3.05, 3.63) is 30.7 Å². The summed E-state index contributed by atoms with van der Waals surface area (Å²) >= 11 is 0. The van der Waals surface area contributed by atoms with E-state index in [1.165, 1.54) is 0 Å². The summed E-state index contributed by atoms with van der Waals surface area (Å²) in [6.07, 6.45) is 7.08. The van der Waals surface area contributed by atoms with Gasteiger partial charge in [-0.2, -0.15) is 5.10 Å². The van der Waals surface area contributed by atoms with Gasteiger partial charge in [0.2, 0.25) is 5.91 Å². The number of amides is 1. The number of nitrogens with zero attached hydrogens (tertiary/aromatic N) is 6. The summed E-state index contributed by atoms with van der Waals surface area (Å²) < 4.78 is 1.76. The van der Waals surface area contributed by atoms with E-state index in [0.29, 0.717) is 5.82 Å². The number of hydrogen-bond acceptors (Lipinski definition) is 6. The van der Waals surface area contributed by atoms with E-state index < -0.39 is 0 Å². The smallest absolute Gasteiger partial charge is 0.225 e. The first kappa shape index (κ1) is 18.3. The third-order valence-electron chi connectivity index (χ3n) is 5.15. The number of fused-ring (bicyclic) bond motifs is 1. The molecule has 0 bridgehead atoms. The number of carbonyl (C=O) groups is 1. The largest absolute Gasteiger partial charge is 0.366 e. The van der Waals surface area contributed by atoms with E-state index in [-0.39, 0.29) is 17.9 Å². The average molecular weight is 379 g/mol. The zero-order chi connectivity index (χ0) is 19.7. The normalized spacial score (nSPS) is 15.4. The lowest BCUT2D eigenvalue weighted by atomic mass is 10.0. The number of carbonyl (C=O) groups excluding carboxylic acids is 1. The molecule has 0 radical (unpaired) electrons. The van der Waals surface area contributed by atoms with Gasteiger partial charge in [-0.05, 0) is 25.0 Å². The minimum Gasteiger partial charge on any atom is -0.366 e. The van der Waals surface area contributed by atoms with Crippen molar-refractivity contribution in [2.24, 2.45) is 13.0 Å². The Bertz CT molecular complexity index is 975. The SMILES string of the molecule is CC(C)C(=O)N1CCC(Nc2nc(-c3cccnc3)nc3c2cnn3C)CC1. The minimum absolute atomic E-state index is 0.0448. The molecule has 3 aromatic rings. The average Bonchev–Trinajstić information content (AvgIpc) is 3.10. The summed E-state index contributed by atoms with van der Waals surface area (Å²) in [7, 11) is 1.88. The van der Waals surface area contributed by atoms with Crippen LogP contribution in [0.3, 0.4) is 0 Å². The van der Waals surface area contributed by atoms with Crippen molar-refractivity contribution in [3.63, 3.8) is 0 Å². The molecule has 0 aliphatic carbocycles. The second-order valence-electron chi connectivity index (χ2n) is 7.54. The molecule has 4 heterocycles. The van der Waals surface area contributed by atoms with Crippen molar-refractivity contribution < 1.29 is 4.79 Å². The first-order chi connectivity index (χ1) is 13.5. The second-order valence-corrected chi connectivity index (χ2v) is 7.54. The van der Waals surface area contributed by atoms with E-state index in [1.807, 2.05) is 37.9 Å². The number of aryl methyl sites for hydroxylation is 1. The number of piperidine rings is 1. The third kappa shape index (κ3) is 3.54. The Morgan fingerprint density at radius 3 is 2.68 bits per heavy atom. The van der Waals surface area contributed by atoms with Gasteiger partial charge in [0.25, 0.3) is 0 Å². The molecule has 1 aliphatic heterocycles. The number of pyridine rings is 1. The molecule has 28 heavy (non-hydrogen) atoms. The van der Waals surface area contributed by atoms with Crippen molar-refractivity contribution >= 4 is 22.8 Å². The van der Waals surface area contributed by atoms with Crippen LogP contribution in [0.1, 0.15) is 26.7 Å². The zero-order valence-electron chi connectivity index (χ0n) is 16.5. The fraction of sp³-hybridized carbons (Fsp3) is 0.450. The Balaban J connectivity index is 1.58. The summed E-state index contributed by atoms with van der Waals surface area (Å²) in [5, 5.41) is 8.82. The van der Waals surface area contributed by atoms with Gasteiger partial charge in [0, 0.05) is 50.1 Å². The lowest BCUT2D eigenvalue weighted by Crippen LogP contribution is -2.44. The van der Waals surface area contributed by atoms with Crippen LogP contribution in [0.25, 0.3) is 22.4 Å². The molecule has 1 aliphatic rings. The molecule has 0 atom stereocenters. The van der Waals surface area contributed by atoms with Gasteiger partial charge in [-0.3, -0.25) is 14.5 Å². The topological polar surface area (TPSA) is 88.8 Å². The van der Waals surface area contributed by atoms with E-state index in [2.05, 4.69) is 20.4 Å². The Morgan fingerprint density at radius 1 is 1.21 bits per heavy atom. The summed E-state index contributed by atoms with van der Waals surface area (Å²) in [4.78, 5) is 27.8. The maximum absolute atomic E-state index is 12.2. The standard InChI is InChI=1S/C20H25N7O/c1-13(2)20(28)27-9-6-15(7-10-27)23-18-16-12-22-26(3)19(16)25-17(24-18)14-5-4-8-21-11-14/h4-5,8,11-13,15H,6-7,9-10H2,1-3H3,(H,23,24,25). The summed E-state index contributed by atoms with van der Waals surface area (Å²) in [5.74, 6) is 1.68. The van der Waals surface area contributed by atoms with Gasteiger partial charge >= 0.3 is 0 Å². The molecule has 1 N–H and O–H groups in total. The van der Waals surface area contributed by atoms with Crippen molar-refractivity contribution in [1.29, 1.82) is 0 Å². The van der Waals surface area contributed by atoms with Crippen molar-refractivity contribution in [1.82, 2.24) is 29.6 Å². The van der Waals surface area contributed by atoms with E-state index in [9.17, 15) is 4.79 Å². The van der Waals surface area contributed by atoms with Crippen LogP contribution in [0.15, 0.2) is 30.7 Å². The van der Waals surface area contributed by atoms with E-state index in [4.69, 9.17) is 4.98 Å². The van der Waals surface area contributed by atoms with Gasteiger partial charge in [0.1, 0.15) is 5.82 Å². The molecule has 1 fully saturated rings. The fourth-order valence-electron chi connectivity index (χ4n) is 3.56. The van der Waals surface area contributed by atoms with E-state index >= 15 is 0 Å². The monoisotopic (exact) mass is 379 g/mol. The van der Waals surface area contributed by atoms with Gasteiger partial charge in [0.15, 0.2) is 11.5 Å². The van der Waals surface area contributed by atoms with Crippen molar-refractivity contribution in [2.45, 2.75) is 32.7 Å². The highest BCUT2D eigenvalue weighted by Gasteiger charge is 2.25. The first-order valence-electron chi connectivity index (χ1n) is 9.68. The van der Waals surface area contributed by atoms with Crippen LogP contribution in [-0.4, -0.2) is 54.7 Å². The molecule has 8 heteroatoms. The highest BCUT2D eigenvalue weighted by molar-refractivity contribution is 5.88. The maximum atomic E-state index is 12.2. The molecule has 3 aromatic heterocycles. The lowest BCUT2D eigenvalue weighted by Gasteiger charge is -2.33. The molecule has 0 spiro atoms. The number of likely N-dealkylation sites (tertiary alicyclic amines) is 1. The van der Waals surface area contributed by atoms with Crippen LogP contribution in [0.2, 0.25) is 0 Å². The van der Waals surface area contributed by atoms with Crippen molar-refractivity contribution in [3.8, 4) is 11.4 Å². The predicted molar refractivity (Wildman–Crippen MR) is 108 cm³/mol. The third-order valence-corrected chi connectivity index (χ3v) is 5.15. The second kappa shape index (κ2) is 7.53. The highest BCUT2D eigenvalue weighted by atomic mass is 16.2. The molecule has 0 unspecified atom stereocenters. The van der Waals surface area contributed by atoms with Crippen LogP contribution in [0.5, 0.6) is 0 Å². The summed E-state index contributed by atoms with van der Waals surface area (Å²) in [6, 6.07) is 4.08. The van der Waals surface area contributed by atoms with Gasteiger partial charge < -0.3 is 10.2 Å². The molecule has 8 nitrogen and oxygen atoms in total. The maximum Gasteiger partial charge on any atom is 0.225 e. The predicted octanol–water partition coefficient (Wildman–Crippen LogP) is 2.48. The van der Waals surface area contributed by atoms with Gasteiger partial charge in [-0.15, -0.1) is 0 Å². The van der Waals surface area contributed by atoms with Crippen molar-refractivity contribution in [2.75, 3.05) is 18.4 Å². The number of aromatic nitrogens is 5. The number of anilines is 1. The van der Waals surface area contributed by atoms with Gasteiger partial charge in [0.05, 0.1) is 11.6 Å². The zero-order valence-corrected chi connectivity index (χ0v) is 16.5. The Morgan fingerprint density at radius 2 is 2.00 bits per heavy atom. The van der Waals surface area contributed by atoms with Crippen LogP contribution < -0.4 is 5.32 Å². The van der Waals surface area contributed by atoms with E-state index in [0.717, 1.165) is 48.3 Å². The van der Waals surface area contributed by atoms with Gasteiger partial charge in [-0.1, -0.05) is 13.8 Å². The summed E-state index contributed by atoms with van der Waals surface area (Å²) in [5.41, 5.74) is 1.65. The highest BCUT2D eigenvalue weighted by Crippen LogP contribution is 2.26. The molecule has 0 aromatic carbocycles.